The third kappa shape index (κ3) is 2.66. The first-order valence-electron chi connectivity index (χ1n) is 4.93. The molecule has 0 bridgehead atoms. The molecule has 16 heavy (non-hydrogen) atoms. The Bertz CT molecular complexity index is 463. The van der Waals surface area contributed by atoms with E-state index < -0.39 is 0 Å². The van der Waals surface area contributed by atoms with Crippen molar-refractivity contribution in [3.8, 4) is 0 Å². The minimum absolute atomic E-state index is 0.118. The van der Waals surface area contributed by atoms with Crippen LogP contribution in [0.5, 0.6) is 0 Å². The Balaban J connectivity index is 1.80. The third-order valence-corrected chi connectivity index (χ3v) is 2.88. The summed E-state index contributed by atoms with van der Waals surface area (Å²) >= 11 is 1.48. The zero-order chi connectivity index (χ0) is 11.4. The van der Waals surface area contributed by atoms with Crippen LogP contribution in [0, 0.1) is 6.92 Å². The lowest BCUT2D eigenvalue weighted by Gasteiger charge is -2.00. The number of hydrogen-bond acceptors (Lipinski definition) is 4. The Labute approximate surface area is 96.9 Å². The highest BCUT2D eigenvalue weighted by atomic mass is 32.1. The highest BCUT2D eigenvalue weighted by Crippen LogP contribution is 2.07. The van der Waals surface area contributed by atoms with Gasteiger partial charge in [-0.2, -0.15) is 5.10 Å². The number of hydrogen-bond donors (Lipinski definition) is 2. The fourth-order valence-electron chi connectivity index (χ4n) is 1.29. The first kappa shape index (κ1) is 10.8. The SMILES string of the molecule is Cc1nc(C(=O)NCCc2cn[nH]c2)cs1. The molecule has 1 amide bonds. The van der Waals surface area contributed by atoms with Gasteiger partial charge >= 0.3 is 0 Å². The van der Waals surface area contributed by atoms with Gasteiger partial charge in [-0.05, 0) is 18.9 Å². The van der Waals surface area contributed by atoms with Gasteiger partial charge in [-0.1, -0.05) is 0 Å². The molecule has 0 aromatic carbocycles. The number of nitrogens with one attached hydrogen (secondary N) is 2. The number of aryl methyl sites for hydroxylation is 1. The van der Waals surface area contributed by atoms with Crippen LogP contribution in [0.3, 0.4) is 0 Å². The van der Waals surface area contributed by atoms with Gasteiger partial charge in [0.15, 0.2) is 0 Å². The van der Waals surface area contributed by atoms with E-state index in [-0.39, 0.29) is 5.91 Å². The topological polar surface area (TPSA) is 70.7 Å². The van der Waals surface area contributed by atoms with Crippen molar-refractivity contribution < 1.29 is 4.79 Å². The van der Waals surface area contributed by atoms with Gasteiger partial charge in [0.2, 0.25) is 0 Å². The molecule has 84 valence electrons. The standard InChI is InChI=1S/C10H12N4OS/c1-7-14-9(6-16-7)10(15)11-3-2-8-4-12-13-5-8/h4-6H,2-3H2,1H3,(H,11,15)(H,12,13). The molecular formula is C10H12N4OS. The van der Waals surface area contributed by atoms with Crippen LogP contribution < -0.4 is 5.32 Å². The number of amides is 1. The molecule has 0 aliphatic rings. The van der Waals surface area contributed by atoms with E-state index in [9.17, 15) is 4.79 Å². The van der Waals surface area contributed by atoms with Crippen molar-refractivity contribution in [2.45, 2.75) is 13.3 Å². The van der Waals surface area contributed by atoms with Crippen molar-refractivity contribution in [3.05, 3.63) is 34.0 Å². The summed E-state index contributed by atoms with van der Waals surface area (Å²) in [5.74, 6) is -0.118. The van der Waals surface area contributed by atoms with Crippen LogP contribution in [-0.4, -0.2) is 27.6 Å². The summed E-state index contributed by atoms with van der Waals surface area (Å²) in [6.07, 6.45) is 4.34. The van der Waals surface area contributed by atoms with E-state index in [0.717, 1.165) is 17.0 Å². The van der Waals surface area contributed by atoms with Gasteiger partial charge in [0.05, 0.1) is 11.2 Å². The molecule has 0 unspecified atom stereocenters. The Hall–Kier alpha value is -1.69. The van der Waals surface area contributed by atoms with Gasteiger partial charge < -0.3 is 5.32 Å². The van der Waals surface area contributed by atoms with Crippen molar-refractivity contribution in [2.24, 2.45) is 0 Å². The maximum atomic E-state index is 11.6. The van der Waals surface area contributed by atoms with Gasteiger partial charge in [-0.3, -0.25) is 9.89 Å². The molecule has 0 aliphatic heterocycles. The van der Waals surface area contributed by atoms with E-state index in [4.69, 9.17) is 0 Å². The first-order chi connectivity index (χ1) is 7.75. The molecule has 0 saturated carbocycles. The van der Waals surface area contributed by atoms with Gasteiger partial charge in [0, 0.05) is 18.1 Å². The lowest BCUT2D eigenvalue weighted by atomic mass is 10.2. The average Bonchev–Trinajstić information content (AvgIpc) is 2.89. The van der Waals surface area contributed by atoms with Crippen LogP contribution in [-0.2, 0) is 6.42 Å². The minimum Gasteiger partial charge on any atom is -0.350 e. The predicted octanol–water partition coefficient (Wildman–Crippen LogP) is 1.15. The molecule has 0 fully saturated rings. The normalized spacial score (nSPS) is 10.3. The van der Waals surface area contributed by atoms with Crippen molar-refractivity contribution in [2.75, 3.05) is 6.54 Å². The molecule has 2 rings (SSSR count). The van der Waals surface area contributed by atoms with E-state index in [1.54, 1.807) is 11.6 Å². The molecule has 0 aliphatic carbocycles. The number of aromatic amines is 1. The number of H-pyrrole nitrogens is 1. The second-order valence-corrected chi connectivity index (χ2v) is 4.43. The number of carbonyl (C=O) groups is 1. The number of rotatable bonds is 4. The highest BCUT2D eigenvalue weighted by Gasteiger charge is 2.08. The molecule has 2 aromatic heterocycles. The summed E-state index contributed by atoms with van der Waals surface area (Å²) in [5, 5.41) is 12.0. The number of carbonyl (C=O) groups excluding carboxylic acids is 1. The van der Waals surface area contributed by atoms with Crippen LogP contribution >= 0.6 is 11.3 Å². The Morgan fingerprint density at radius 3 is 3.12 bits per heavy atom. The van der Waals surface area contributed by atoms with E-state index in [2.05, 4.69) is 20.5 Å². The predicted molar refractivity (Wildman–Crippen MR) is 61.5 cm³/mol. The van der Waals surface area contributed by atoms with Gasteiger partial charge in [0.25, 0.3) is 5.91 Å². The lowest BCUT2D eigenvalue weighted by molar-refractivity contribution is 0.0949. The second kappa shape index (κ2) is 4.89. The monoisotopic (exact) mass is 236 g/mol. The molecule has 5 nitrogen and oxygen atoms in total. The van der Waals surface area contributed by atoms with Crippen LogP contribution in [0.1, 0.15) is 21.1 Å². The Morgan fingerprint density at radius 2 is 2.50 bits per heavy atom. The summed E-state index contributed by atoms with van der Waals surface area (Å²) in [5.41, 5.74) is 1.57. The summed E-state index contributed by atoms with van der Waals surface area (Å²) < 4.78 is 0. The Kier molecular flexibility index (Phi) is 3.31. The molecule has 2 N–H and O–H groups in total. The maximum absolute atomic E-state index is 11.6. The van der Waals surface area contributed by atoms with Gasteiger partial charge in [0.1, 0.15) is 5.69 Å². The van der Waals surface area contributed by atoms with Crippen LogP contribution in [0.15, 0.2) is 17.8 Å². The molecule has 0 radical (unpaired) electrons. The Morgan fingerprint density at radius 1 is 1.62 bits per heavy atom. The van der Waals surface area contributed by atoms with Gasteiger partial charge in [-0.25, -0.2) is 4.98 Å². The average molecular weight is 236 g/mol. The first-order valence-corrected chi connectivity index (χ1v) is 5.81. The molecular weight excluding hydrogens is 224 g/mol. The van der Waals surface area contributed by atoms with Crippen molar-refractivity contribution >= 4 is 17.2 Å². The second-order valence-electron chi connectivity index (χ2n) is 3.36. The molecule has 0 saturated heterocycles. The number of nitrogens with zero attached hydrogens (tertiary/aromatic N) is 2. The van der Waals surface area contributed by atoms with E-state index in [1.165, 1.54) is 11.3 Å². The molecule has 2 aromatic rings. The summed E-state index contributed by atoms with van der Waals surface area (Å²) in [6.45, 7) is 2.47. The fraction of sp³-hybridized carbons (Fsp3) is 0.300. The zero-order valence-electron chi connectivity index (χ0n) is 8.86. The molecule has 2 heterocycles. The van der Waals surface area contributed by atoms with Gasteiger partial charge in [-0.15, -0.1) is 11.3 Å². The smallest absolute Gasteiger partial charge is 0.270 e. The number of thiazole rings is 1. The largest absolute Gasteiger partial charge is 0.350 e. The van der Waals surface area contributed by atoms with Crippen LogP contribution in [0.4, 0.5) is 0 Å². The molecule has 0 spiro atoms. The summed E-state index contributed by atoms with van der Waals surface area (Å²) in [6, 6.07) is 0. The van der Waals surface area contributed by atoms with E-state index in [0.29, 0.717) is 12.2 Å². The van der Waals surface area contributed by atoms with Crippen molar-refractivity contribution in [1.82, 2.24) is 20.5 Å². The van der Waals surface area contributed by atoms with E-state index in [1.807, 2.05) is 13.1 Å². The molecule has 0 atom stereocenters. The van der Waals surface area contributed by atoms with Crippen molar-refractivity contribution in [3.63, 3.8) is 0 Å². The maximum Gasteiger partial charge on any atom is 0.270 e. The summed E-state index contributed by atoms with van der Waals surface area (Å²) in [4.78, 5) is 15.7. The number of aromatic nitrogens is 3. The van der Waals surface area contributed by atoms with E-state index >= 15 is 0 Å². The quantitative estimate of drug-likeness (QED) is 0.836. The minimum atomic E-state index is -0.118. The highest BCUT2D eigenvalue weighted by molar-refractivity contribution is 7.09. The summed E-state index contributed by atoms with van der Waals surface area (Å²) in [7, 11) is 0. The molecule has 6 heteroatoms. The van der Waals surface area contributed by atoms with Crippen molar-refractivity contribution in [1.29, 1.82) is 0 Å². The third-order valence-electron chi connectivity index (χ3n) is 2.11. The van der Waals surface area contributed by atoms with Crippen LogP contribution in [0.25, 0.3) is 0 Å². The fourth-order valence-corrected chi connectivity index (χ4v) is 1.89. The van der Waals surface area contributed by atoms with Crippen LogP contribution in [0.2, 0.25) is 0 Å². The zero-order valence-corrected chi connectivity index (χ0v) is 9.67. The lowest BCUT2D eigenvalue weighted by Crippen LogP contribution is -2.25.